The van der Waals surface area contributed by atoms with E-state index in [2.05, 4.69) is 57.3 Å². The van der Waals surface area contributed by atoms with E-state index in [1.807, 2.05) is 29.5 Å². The quantitative estimate of drug-likeness (QED) is 0.888. The average molecular weight is 323 g/mol. The van der Waals surface area contributed by atoms with Crippen LogP contribution in [0.3, 0.4) is 0 Å². The van der Waals surface area contributed by atoms with Gasteiger partial charge in [-0.15, -0.1) is 0 Å². The molecule has 2 rings (SSSR count). The maximum absolute atomic E-state index is 4.28. The molecule has 2 aromatic rings. The van der Waals surface area contributed by atoms with Crippen LogP contribution in [0.5, 0.6) is 0 Å². The Bertz CT molecular complexity index is 497. The molecule has 0 bridgehead atoms. The summed E-state index contributed by atoms with van der Waals surface area (Å²) in [5.41, 5.74) is 1.28. The van der Waals surface area contributed by atoms with Gasteiger partial charge in [-0.1, -0.05) is 6.92 Å². The summed E-state index contributed by atoms with van der Waals surface area (Å²) in [5.74, 6) is 0. The van der Waals surface area contributed by atoms with Gasteiger partial charge in [-0.2, -0.15) is 5.10 Å². The predicted molar refractivity (Wildman–Crippen MR) is 79.8 cm³/mol. The third-order valence-electron chi connectivity index (χ3n) is 3.07. The zero-order valence-electron chi connectivity index (χ0n) is 11.3. The van der Waals surface area contributed by atoms with Crippen molar-refractivity contribution in [2.75, 3.05) is 0 Å². The van der Waals surface area contributed by atoms with Gasteiger partial charge in [0.2, 0.25) is 0 Å². The highest BCUT2D eigenvalue weighted by atomic mass is 79.9. The molecule has 0 aliphatic rings. The summed E-state index contributed by atoms with van der Waals surface area (Å²) in [5, 5.41) is 7.92. The Kier molecular flexibility index (Phi) is 5.10. The molecule has 0 radical (unpaired) electrons. The Hall–Kier alpha value is -1.20. The summed E-state index contributed by atoms with van der Waals surface area (Å²) in [6, 6.07) is 4.85. The van der Waals surface area contributed by atoms with Crippen molar-refractivity contribution < 1.29 is 0 Å². The third-order valence-corrected chi connectivity index (χ3v) is 3.47. The van der Waals surface area contributed by atoms with Crippen LogP contribution in [0.2, 0.25) is 0 Å². The Balaban J connectivity index is 1.95. The number of nitrogens with zero attached hydrogens (tertiary/aromatic N) is 3. The van der Waals surface area contributed by atoms with E-state index in [0.29, 0.717) is 12.1 Å². The van der Waals surface area contributed by atoms with Crippen molar-refractivity contribution in [1.29, 1.82) is 0 Å². The van der Waals surface area contributed by atoms with Gasteiger partial charge < -0.3 is 5.32 Å². The average Bonchev–Trinajstić information content (AvgIpc) is 2.82. The molecule has 2 heterocycles. The Morgan fingerprint density at radius 1 is 1.37 bits per heavy atom. The van der Waals surface area contributed by atoms with Crippen LogP contribution in [0.1, 0.15) is 31.9 Å². The zero-order valence-corrected chi connectivity index (χ0v) is 12.8. The van der Waals surface area contributed by atoms with E-state index >= 15 is 0 Å². The second-order valence-electron chi connectivity index (χ2n) is 4.69. The van der Waals surface area contributed by atoms with Gasteiger partial charge in [-0.25, -0.2) is 0 Å². The lowest BCUT2D eigenvalue weighted by Crippen LogP contribution is -2.33. The number of aromatic nitrogens is 3. The fraction of sp³-hybridized carbons (Fsp3) is 0.429. The van der Waals surface area contributed by atoms with Crippen LogP contribution in [0, 0.1) is 0 Å². The van der Waals surface area contributed by atoms with E-state index in [1.165, 1.54) is 5.56 Å². The van der Waals surface area contributed by atoms with Crippen LogP contribution in [-0.4, -0.2) is 20.8 Å². The summed E-state index contributed by atoms with van der Waals surface area (Å²) in [6.45, 7) is 5.22. The fourth-order valence-corrected chi connectivity index (χ4v) is 2.49. The minimum absolute atomic E-state index is 0.352. The van der Waals surface area contributed by atoms with Crippen LogP contribution in [0.25, 0.3) is 0 Å². The molecule has 102 valence electrons. The lowest BCUT2D eigenvalue weighted by Gasteiger charge is -2.22. The van der Waals surface area contributed by atoms with Gasteiger partial charge in [0, 0.05) is 30.7 Å². The smallest absolute Gasteiger partial charge is 0.0632 e. The van der Waals surface area contributed by atoms with Crippen molar-refractivity contribution in [3.8, 4) is 0 Å². The first-order valence-corrected chi connectivity index (χ1v) is 7.32. The lowest BCUT2D eigenvalue weighted by atomic mass is 10.1. The van der Waals surface area contributed by atoms with Crippen molar-refractivity contribution >= 4 is 15.9 Å². The summed E-state index contributed by atoms with van der Waals surface area (Å²) < 4.78 is 2.96. The molecule has 0 spiro atoms. The highest BCUT2D eigenvalue weighted by Crippen LogP contribution is 2.16. The first-order chi connectivity index (χ1) is 9.19. The zero-order chi connectivity index (χ0) is 13.7. The highest BCUT2D eigenvalue weighted by Gasteiger charge is 2.12. The summed E-state index contributed by atoms with van der Waals surface area (Å²) in [4.78, 5) is 4.06. The van der Waals surface area contributed by atoms with Gasteiger partial charge in [0.05, 0.1) is 17.2 Å². The van der Waals surface area contributed by atoms with Crippen LogP contribution >= 0.6 is 15.9 Å². The molecule has 2 atom stereocenters. The second-order valence-corrected chi connectivity index (χ2v) is 5.61. The molecule has 2 aromatic heterocycles. The minimum atomic E-state index is 0.352. The van der Waals surface area contributed by atoms with Gasteiger partial charge in [0.15, 0.2) is 0 Å². The number of rotatable bonds is 6. The largest absolute Gasteiger partial charge is 0.306 e. The molecular weight excluding hydrogens is 304 g/mol. The molecule has 0 aromatic carbocycles. The second kappa shape index (κ2) is 6.82. The molecule has 0 amide bonds. The van der Waals surface area contributed by atoms with E-state index in [1.54, 1.807) is 0 Å². The normalized spacial score (nSPS) is 14.3. The predicted octanol–water partition coefficient (Wildman–Crippen LogP) is 3.17. The minimum Gasteiger partial charge on any atom is -0.306 e. The summed E-state index contributed by atoms with van der Waals surface area (Å²) >= 11 is 3.41. The van der Waals surface area contributed by atoms with Crippen molar-refractivity contribution in [3.05, 3.63) is 47.0 Å². The molecule has 0 saturated heterocycles. The van der Waals surface area contributed by atoms with Crippen molar-refractivity contribution in [2.45, 2.75) is 38.9 Å². The Morgan fingerprint density at radius 2 is 2.11 bits per heavy atom. The van der Waals surface area contributed by atoms with Gasteiger partial charge in [0.1, 0.15) is 0 Å². The summed E-state index contributed by atoms with van der Waals surface area (Å²) in [7, 11) is 0. The Labute approximate surface area is 122 Å². The molecule has 19 heavy (non-hydrogen) atoms. The molecular formula is C14H19BrN4. The van der Waals surface area contributed by atoms with Crippen LogP contribution < -0.4 is 5.32 Å². The topological polar surface area (TPSA) is 42.7 Å². The van der Waals surface area contributed by atoms with Crippen LogP contribution in [-0.2, 0) is 6.54 Å². The molecule has 1 N–H and O–H groups in total. The first-order valence-electron chi connectivity index (χ1n) is 6.53. The molecule has 0 fully saturated rings. The van der Waals surface area contributed by atoms with Gasteiger partial charge >= 0.3 is 0 Å². The van der Waals surface area contributed by atoms with E-state index in [9.17, 15) is 0 Å². The Morgan fingerprint density at radius 3 is 2.68 bits per heavy atom. The molecule has 4 nitrogen and oxygen atoms in total. The van der Waals surface area contributed by atoms with Gasteiger partial charge in [0.25, 0.3) is 0 Å². The first kappa shape index (κ1) is 14.2. The maximum atomic E-state index is 4.28. The fourth-order valence-electron chi connectivity index (χ4n) is 2.16. The lowest BCUT2D eigenvalue weighted by molar-refractivity contribution is 0.393. The van der Waals surface area contributed by atoms with E-state index in [4.69, 9.17) is 0 Å². The molecule has 0 aliphatic heterocycles. The number of hydrogen-bond donors (Lipinski definition) is 1. The number of pyridine rings is 1. The maximum Gasteiger partial charge on any atom is 0.0632 e. The standard InChI is InChI=1S/C14H19BrN4/c1-3-14(12-4-6-16-7-5-12)18-11(2)9-19-10-13(15)8-17-19/h4-8,10-11,14,18H,3,9H2,1-2H3/t11-,14-/m0/s1. The number of hydrogen-bond acceptors (Lipinski definition) is 3. The van der Waals surface area contributed by atoms with Gasteiger partial charge in [-0.05, 0) is 47.0 Å². The molecule has 0 aliphatic carbocycles. The van der Waals surface area contributed by atoms with Gasteiger partial charge in [-0.3, -0.25) is 9.67 Å². The van der Waals surface area contributed by atoms with E-state index in [0.717, 1.165) is 17.4 Å². The monoisotopic (exact) mass is 322 g/mol. The number of halogens is 1. The van der Waals surface area contributed by atoms with Crippen molar-refractivity contribution in [3.63, 3.8) is 0 Å². The van der Waals surface area contributed by atoms with Crippen molar-refractivity contribution in [2.24, 2.45) is 0 Å². The highest BCUT2D eigenvalue weighted by molar-refractivity contribution is 9.10. The van der Waals surface area contributed by atoms with E-state index < -0.39 is 0 Å². The van der Waals surface area contributed by atoms with Crippen LogP contribution in [0.4, 0.5) is 0 Å². The molecule has 0 saturated carbocycles. The van der Waals surface area contributed by atoms with E-state index in [-0.39, 0.29) is 0 Å². The van der Waals surface area contributed by atoms with Crippen molar-refractivity contribution in [1.82, 2.24) is 20.1 Å². The molecule has 5 heteroatoms. The van der Waals surface area contributed by atoms with Crippen LogP contribution in [0.15, 0.2) is 41.4 Å². The molecule has 0 unspecified atom stereocenters. The third kappa shape index (κ3) is 4.14. The summed E-state index contributed by atoms with van der Waals surface area (Å²) in [6.07, 6.45) is 8.54. The number of nitrogens with one attached hydrogen (secondary N) is 1. The SMILES string of the molecule is CC[C@H](N[C@@H](C)Cn1cc(Br)cn1)c1ccncc1.